The van der Waals surface area contributed by atoms with Crippen LogP contribution in [0, 0.1) is 0 Å². The highest BCUT2D eigenvalue weighted by atomic mass is 16.7. The molecule has 5 rings (SSSR count). The molecule has 146 valence electrons. The standard InChI is InChI=1S/C23H21N3O3/c27-23(26-10-9-17-3-1-2-4-18(17)14-26)20-7-6-19(13-25-20)24-12-16-5-8-21-22(11-16)29-15-28-21/h1-8,11,13,24H,9-10,12,14-15H2. The number of amides is 1. The molecule has 2 aliphatic heterocycles. The summed E-state index contributed by atoms with van der Waals surface area (Å²) in [7, 11) is 0. The van der Waals surface area contributed by atoms with Crippen LogP contribution in [-0.2, 0) is 19.5 Å². The van der Waals surface area contributed by atoms with Gasteiger partial charge >= 0.3 is 0 Å². The zero-order chi connectivity index (χ0) is 19.6. The van der Waals surface area contributed by atoms with Crippen molar-refractivity contribution in [2.75, 3.05) is 18.7 Å². The first-order valence-corrected chi connectivity index (χ1v) is 9.71. The molecule has 2 aliphatic rings. The highest BCUT2D eigenvalue weighted by Gasteiger charge is 2.22. The van der Waals surface area contributed by atoms with E-state index in [4.69, 9.17) is 9.47 Å². The van der Waals surface area contributed by atoms with E-state index in [-0.39, 0.29) is 12.7 Å². The van der Waals surface area contributed by atoms with Crippen LogP contribution in [0.3, 0.4) is 0 Å². The minimum absolute atomic E-state index is 0.0261. The van der Waals surface area contributed by atoms with Gasteiger partial charge in [-0.2, -0.15) is 0 Å². The maximum absolute atomic E-state index is 12.8. The molecule has 0 unspecified atom stereocenters. The molecular weight excluding hydrogens is 366 g/mol. The van der Waals surface area contributed by atoms with Gasteiger partial charge in [0.2, 0.25) is 6.79 Å². The highest BCUT2D eigenvalue weighted by Crippen LogP contribution is 2.32. The average Bonchev–Trinajstić information content (AvgIpc) is 3.25. The molecule has 0 saturated carbocycles. The van der Waals surface area contributed by atoms with Crippen LogP contribution in [0.5, 0.6) is 11.5 Å². The molecule has 6 heteroatoms. The van der Waals surface area contributed by atoms with Crippen LogP contribution in [0.4, 0.5) is 5.69 Å². The molecule has 0 bridgehead atoms. The molecule has 1 N–H and O–H groups in total. The number of rotatable bonds is 4. The van der Waals surface area contributed by atoms with Gasteiger partial charge in [0.05, 0.1) is 11.9 Å². The highest BCUT2D eigenvalue weighted by molar-refractivity contribution is 5.92. The van der Waals surface area contributed by atoms with E-state index in [0.29, 0.717) is 18.8 Å². The molecule has 0 saturated heterocycles. The third-order valence-electron chi connectivity index (χ3n) is 5.33. The predicted molar refractivity (Wildman–Crippen MR) is 109 cm³/mol. The van der Waals surface area contributed by atoms with Crippen molar-refractivity contribution in [3.8, 4) is 11.5 Å². The third kappa shape index (κ3) is 3.61. The Kier molecular flexibility index (Phi) is 4.52. The summed E-state index contributed by atoms with van der Waals surface area (Å²) < 4.78 is 10.7. The topological polar surface area (TPSA) is 63.7 Å². The molecule has 6 nitrogen and oxygen atoms in total. The lowest BCUT2D eigenvalue weighted by atomic mass is 10.00. The maximum atomic E-state index is 12.8. The molecular formula is C23H21N3O3. The number of carbonyl (C=O) groups is 1. The van der Waals surface area contributed by atoms with Gasteiger partial charge < -0.3 is 19.7 Å². The van der Waals surface area contributed by atoms with Gasteiger partial charge in [-0.25, -0.2) is 4.98 Å². The van der Waals surface area contributed by atoms with Crippen molar-refractivity contribution in [1.29, 1.82) is 0 Å². The molecule has 0 aliphatic carbocycles. The molecule has 0 radical (unpaired) electrons. The van der Waals surface area contributed by atoms with E-state index in [1.54, 1.807) is 12.3 Å². The summed E-state index contributed by atoms with van der Waals surface area (Å²) in [5, 5.41) is 3.33. The fourth-order valence-electron chi connectivity index (χ4n) is 3.71. The van der Waals surface area contributed by atoms with Crippen LogP contribution in [0.2, 0.25) is 0 Å². The molecule has 0 spiro atoms. The van der Waals surface area contributed by atoms with Crippen molar-refractivity contribution in [1.82, 2.24) is 9.88 Å². The van der Waals surface area contributed by atoms with Crippen molar-refractivity contribution in [3.63, 3.8) is 0 Å². The van der Waals surface area contributed by atoms with Crippen LogP contribution in [0.1, 0.15) is 27.2 Å². The van der Waals surface area contributed by atoms with Gasteiger partial charge in [0, 0.05) is 19.6 Å². The lowest BCUT2D eigenvalue weighted by Crippen LogP contribution is -2.36. The second-order valence-corrected chi connectivity index (χ2v) is 7.22. The van der Waals surface area contributed by atoms with E-state index >= 15 is 0 Å². The first-order chi connectivity index (χ1) is 14.3. The summed E-state index contributed by atoms with van der Waals surface area (Å²) in [6, 6.07) is 17.8. The fourth-order valence-corrected chi connectivity index (χ4v) is 3.71. The Balaban J connectivity index is 1.22. The number of ether oxygens (including phenoxy) is 2. The normalized spacial score (nSPS) is 14.4. The number of pyridine rings is 1. The fraction of sp³-hybridized carbons (Fsp3) is 0.217. The summed E-state index contributed by atoms with van der Waals surface area (Å²) in [5.41, 5.74) is 4.96. The molecule has 0 atom stereocenters. The van der Waals surface area contributed by atoms with Crippen LogP contribution < -0.4 is 14.8 Å². The predicted octanol–water partition coefficient (Wildman–Crippen LogP) is 3.62. The Bertz CT molecular complexity index is 1050. The maximum Gasteiger partial charge on any atom is 0.272 e. The second-order valence-electron chi connectivity index (χ2n) is 7.22. The van der Waals surface area contributed by atoms with Gasteiger partial charge in [-0.3, -0.25) is 4.79 Å². The molecule has 1 amide bonds. The minimum atomic E-state index is -0.0261. The SMILES string of the molecule is O=C(c1ccc(NCc2ccc3c(c2)OCO3)cn1)N1CCc2ccccc2C1. The molecule has 3 heterocycles. The third-order valence-corrected chi connectivity index (χ3v) is 5.33. The summed E-state index contributed by atoms with van der Waals surface area (Å²) in [4.78, 5) is 19.1. The molecule has 2 aromatic carbocycles. The van der Waals surface area contributed by atoms with E-state index in [0.717, 1.165) is 35.7 Å². The molecule has 3 aromatic rings. The van der Waals surface area contributed by atoms with Crippen molar-refractivity contribution >= 4 is 11.6 Å². The number of nitrogens with zero attached hydrogens (tertiary/aromatic N) is 2. The van der Waals surface area contributed by atoms with E-state index in [9.17, 15) is 4.79 Å². The van der Waals surface area contributed by atoms with E-state index in [2.05, 4.69) is 22.4 Å². The number of benzene rings is 2. The van der Waals surface area contributed by atoms with Gasteiger partial charge in [0.1, 0.15) is 5.69 Å². The van der Waals surface area contributed by atoms with Gasteiger partial charge in [0.25, 0.3) is 5.91 Å². The summed E-state index contributed by atoms with van der Waals surface area (Å²) in [5.74, 6) is 1.52. The lowest BCUT2D eigenvalue weighted by Gasteiger charge is -2.28. The largest absolute Gasteiger partial charge is 0.454 e. The quantitative estimate of drug-likeness (QED) is 0.741. The average molecular weight is 387 g/mol. The molecule has 1 aromatic heterocycles. The zero-order valence-corrected chi connectivity index (χ0v) is 15.9. The number of fused-ring (bicyclic) bond motifs is 2. The summed E-state index contributed by atoms with van der Waals surface area (Å²) >= 11 is 0. The zero-order valence-electron chi connectivity index (χ0n) is 15.9. The van der Waals surface area contributed by atoms with Gasteiger partial charge in [0.15, 0.2) is 11.5 Å². The van der Waals surface area contributed by atoms with Gasteiger partial charge in [-0.05, 0) is 47.4 Å². The second kappa shape index (κ2) is 7.47. The van der Waals surface area contributed by atoms with Crippen molar-refractivity contribution < 1.29 is 14.3 Å². The van der Waals surface area contributed by atoms with E-state index in [1.807, 2.05) is 41.3 Å². The van der Waals surface area contributed by atoms with E-state index in [1.165, 1.54) is 11.1 Å². The number of aromatic nitrogens is 1. The Hall–Kier alpha value is -3.54. The van der Waals surface area contributed by atoms with Crippen LogP contribution in [0.25, 0.3) is 0 Å². The molecule has 0 fully saturated rings. The smallest absolute Gasteiger partial charge is 0.272 e. The number of nitrogens with one attached hydrogen (secondary N) is 1. The Morgan fingerprint density at radius 3 is 2.76 bits per heavy atom. The van der Waals surface area contributed by atoms with Gasteiger partial charge in [-0.15, -0.1) is 0 Å². The van der Waals surface area contributed by atoms with Crippen molar-refractivity contribution in [3.05, 3.63) is 83.2 Å². The number of carbonyl (C=O) groups excluding carboxylic acids is 1. The van der Waals surface area contributed by atoms with Crippen LogP contribution in [0.15, 0.2) is 60.8 Å². The van der Waals surface area contributed by atoms with Crippen LogP contribution in [-0.4, -0.2) is 29.1 Å². The number of anilines is 1. The van der Waals surface area contributed by atoms with Crippen molar-refractivity contribution in [2.24, 2.45) is 0 Å². The number of hydrogen-bond acceptors (Lipinski definition) is 5. The van der Waals surface area contributed by atoms with Crippen molar-refractivity contribution in [2.45, 2.75) is 19.5 Å². The van der Waals surface area contributed by atoms with Crippen LogP contribution >= 0.6 is 0 Å². The van der Waals surface area contributed by atoms with E-state index < -0.39 is 0 Å². The van der Waals surface area contributed by atoms with Gasteiger partial charge in [-0.1, -0.05) is 30.3 Å². The monoisotopic (exact) mass is 387 g/mol. The Labute approximate surface area is 169 Å². The first kappa shape index (κ1) is 17.6. The lowest BCUT2D eigenvalue weighted by molar-refractivity contribution is 0.0729. The minimum Gasteiger partial charge on any atom is -0.454 e. The number of hydrogen-bond donors (Lipinski definition) is 1. The Morgan fingerprint density at radius 2 is 1.90 bits per heavy atom. The summed E-state index contributed by atoms with van der Waals surface area (Å²) in [6.07, 6.45) is 2.59. The first-order valence-electron chi connectivity index (χ1n) is 9.71. The Morgan fingerprint density at radius 1 is 1.03 bits per heavy atom. The molecule has 29 heavy (non-hydrogen) atoms. The summed E-state index contributed by atoms with van der Waals surface area (Å²) in [6.45, 7) is 2.27.